The molecule has 144 valence electrons. The summed E-state index contributed by atoms with van der Waals surface area (Å²) in [4.78, 5) is 10.6. The third-order valence-electron chi connectivity index (χ3n) is 5.56. The fourth-order valence-electron chi connectivity index (χ4n) is 3.38. The fourth-order valence-corrected chi connectivity index (χ4v) is 3.38. The van der Waals surface area contributed by atoms with Crippen molar-refractivity contribution in [1.82, 2.24) is 0 Å². The van der Waals surface area contributed by atoms with Crippen molar-refractivity contribution < 1.29 is 9.90 Å². The number of carboxylic acid groups (broad SMARTS) is 1. The molecule has 0 bridgehead atoms. The summed E-state index contributed by atoms with van der Waals surface area (Å²) in [6.07, 6.45) is 13.8. The Morgan fingerprint density at radius 3 is 2.31 bits per heavy atom. The van der Waals surface area contributed by atoms with Crippen molar-refractivity contribution in [2.75, 3.05) is 0 Å². The Kier molecular flexibility index (Phi) is 7.44. The Hall–Kier alpha value is -1.83. The second-order valence-electron chi connectivity index (χ2n) is 9.34. The van der Waals surface area contributed by atoms with E-state index in [4.69, 9.17) is 5.11 Å². The largest absolute Gasteiger partial charge is 0.478 e. The van der Waals surface area contributed by atoms with Gasteiger partial charge in [-0.3, -0.25) is 0 Å². The maximum absolute atomic E-state index is 10.6. The van der Waals surface area contributed by atoms with E-state index >= 15 is 0 Å². The predicted molar refractivity (Wildman–Crippen MR) is 112 cm³/mol. The lowest BCUT2D eigenvalue weighted by Gasteiger charge is -2.43. The highest BCUT2D eigenvalue weighted by Crippen LogP contribution is 2.48. The highest BCUT2D eigenvalue weighted by molar-refractivity contribution is 5.81. The normalized spacial score (nSPS) is 22.5. The van der Waals surface area contributed by atoms with Crippen molar-refractivity contribution in [3.05, 3.63) is 58.7 Å². The summed E-state index contributed by atoms with van der Waals surface area (Å²) < 4.78 is 0. The Morgan fingerprint density at radius 2 is 1.77 bits per heavy atom. The summed E-state index contributed by atoms with van der Waals surface area (Å²) in [6, 6.07) is 0. The molecule has 0 saturated heterocycles. The molecule has 1 rings (SSSR count). The molecule has 0 radical (unpaired) electrons. The minimum Gasteiger partial charge on any atom is -0.478 e. The van der Waals surface area contributed by atoms with Crippen LogP contribution < -0.4 is 0 Å². The van der Waals surface area contributed by atoms with E-state index in [0.717, 1.165) is 17.6 Å². The molecule has 0 saturated carbocycles. The van der Waals surface area contributed by atoms with Crippen LogP contribution in [0.25, 0.3) is 0 Å². The zero-order valence-corrected chi connectivity index (χ0v) is 17.8. The van der Waals surface area contributed by atoms with Crippen LogP contribution in [0.15, 0.2) is 58.7 Å². The molecule has 1 aliphatic rings. The predicted octanol–water partition coefficient (Wildman–Crippen LogP) is 6.87. The van der Waals surface area contributed by atoms with Gasteiger partial charge in [-0.1, -0.05) is 76.1 Å². The van der Waals surface area contributed by atoms with Gasteiger partial charge in [0.2, 0.25) is 0 Å². The van der Waals surface area contributed by atoms with Gasteiger partial charge < -0.3 is 5.11 Å². The monoisotopic (exact) mass is 356 g/mol. The second kappa shape index (κ2) is 8.70. The lowest BCUT2D eigenvalue weighted by atomic mass is 9.62. The minimum atomic E-state index is -0.913. The molecular formula is C24H36O2. The van der Waals surface area contributed by atoms with Crippen LogP contribution in [0.2, 0.25) is 0 Å². The van der Waals surface area contributed by atoms with Crippen LogP contribution in [0, 0.1) is 16.7 Å². The number of carbonyl (C=O) groups is 1. The quantitative estimate of drug-likeness (QED) is 0.431. The molecule has 0 amide bonds. The van der Waals surface area contributed by atoms with Crippen LogP contribution in [-0.4, -0.2) is 11.1 Å². The standard InChI is InChI=1S/C24H36O2/c1-17(10-9-11-18(2)14-22(25)26)12-13-20-15-21(23(4,5)6)16-24(7,8)19(20)3/h9-14,21H,15-16H2,1-8H3,(H,25,26). The third kappa shape index (κ3) is 6.82. The van der Waals surface area contributed by atoms with Gasteiger partial charge in [-0.05, 0) is 61.5 Å². The smallest absolute Gasteiger partial charge is 0.328 e. The van der Waals surface area contributed by atoms with Crippen LogP contribution in [0.3, 0.4) is 0 Å². The maximum atomic E-state index is 10.6. The molecule has 0 aromatic heterocycles. The molecule has 0 aromatic carbocycles. The Balaban J connectivity index is 2.95. The van der Waals surface area contributed by atoms with Crippen molar-refractivity contribution in [3.63, 3.8) is 0 Å². The maximum Gasteiger partial charge on any atom is 0.328 e. The Morgan fingerprint density at radius 1 is 1.15 bits per heavy atom. The van der Waals surface area contributed by atoms with Gasteiger partial charge in [-0.25, -0.2) is 4.79 Å². The van der Waals surface area contributed by atoms with E-state index in [0.29, 0.717) is 11.3 Å². The molecule has 2 heteroatoms. The van der Waals surface area contributed by atoms with E-state index in [1.165, 1.54) is 23.6 Å². The molecule has 0 fully saturated rings. The van der Waals surface area contributed by atoms with Crippen molar-refractivity contribution in [2.24, 2.45) is 16.7 Å². The Labute approximate surface area is 160 Å². The summed E-state index contributed by atoms with van der Waals surface area (Å²) in [5, 5.41) is 8.72. The number of rotatable bonds is 5. The highest BCUT2D eigenvalue weighted by atomic mass is 16.4. The molecule has 2 nitrogen and oxygen atoms in total. The van der Waals surface area contributed by atoms with Crippen LogP contribution in [0.5, 0.6) is 0 Å². The summed E-state index contributed by atoms with van der Waals surface area (Å²) in [6.45, 7) is 17.9. The number of hydrogen-bond donors (Lipinski definition) is 1. The van der Waals surface area contributed by atoms with E-state index in [1.807, 2.05) is 18.2 Å². The molecule has 1 atom stereocenters. The molecule has 0 heterocycles. The third-order valence-corrected chi connectivity index (χ3v) is 5.56. The average molecular weight is 357 g/mol. The van der Waals surface area contributed by atoms with Gasteiger partial charge in [0.05, 0.1) is 0 Å². The fraction of sp³-hybridized carbons (Fsp3) is 0.542. The van der Waals surface area contributed by atoms with E-state index in [9.17, 15) is 4.79 Å². The molecule has 26 heavy (non-hydrogen) atoms. The summed E-state index contributed by atoms with van der Waals surface area (Å²) in [5.41, 5.74) is 5.40. The van der Waals surface area contributed by atoms with Gasteiger partial charge in [0.15, 0.2) is 0 Å². The van der Waals surface area contributed by atoms with Gasteiger partial charge in [0.25, 0.3) is 0 Å². The minimum absolute atomic E-state index is 0.242. The van der Waals surface area contributed by atoms with Crippen LogP contribution in [0.1, 0.15) is 68.2 Å². The topological polar surface area (TPSA) is 37.3 Å². The Bertz CT molecular complexity index is 673. The molecule has 0 spiro atoms. The molecule has 1 unspecified atom stereocenters. The van der Waals surface area contributed by atoms with Gasteiger partial charge in [0.1, 0.15) is 0 Å². The van der Waals surface area contributed by atoms with Gasteiger partial charge >= 0.3 is 5.97 Å². The number of aliphatic carboxylic acids is 1. The zero-order chi connectivity index (χ0) is 20.1. The second-order valence-corrected chi connectivity index (χ2v) is 9.34. The number of hydrogen-bond acceptors (Lipinski definition) is 1. The molecule has 1 aliphatic carbocycles. The molecule has 0 aromatic rings. The van der Waals surface area contributed by atoms with Crippen molar-refractivity contribution in [3.8, 4) is 0 Å². The van der Waals surface area contributed by atoms with Crippen molar-refractivity contribution >= 4 is 5.97 Å². The van der Waals surface area contributed by atoms with Gasteiger partial charge in [-0.2, -0.15) is 0 Å². The first-order valence-corrected chi connectivity index (χ1v) is 9.47. The van der Waals surface area contributed by atoms with Crippen molar-refractivity contribution in [2.45, 2.75) is 68.2 Å². The SMILES string of the molecule is CC(C=CC1=C(C)C(C)(C)CC(C(C)(C)C)C1)=CC=CC(C)=CC(=O)O. The molecular weight excluding hydrogens is 320 g/mol. The van der Waals surface area contributed by atoms with E-state index < -0.39 is 5.97 Å². The van der Waals surface area contributed by atoms with E-state index in [-0.39, 0.29) is 5.41 Å². The van der Waals surface area contributed by atoms with E-state index in [1.54, 1.807) is 6.92 Å². The molecule has 1 N–H and O–H groups in total. The zero-order valence-electron chi connectivity index (χ0n) is 17.8. The first-order chi connectivity index (χ1) is 11.8. The van der Waals surface area contributed by atoms with Crippen molar-refractivity contribution in [1.29, 1.82) is 0 Å². The van der Waals surface area contributed by atoms with Crippen LogP contribution in [-0.2, 0) is 4.79 Å². The van der Waals surface area contributed by atoms with Crippen LogP contribution in [0.4, 0.5) is 0 Å². The summed E-state index contributed by atoms with van der Waals surface area (Å²) >= 11 is 0. The number of carboxylic acids is 1. The summed E-state index contributed by atoms with van der Waals surface area (Å²) in [5.74, 6) is -0.225. The van der Waals surface area contributed by atoms with Gasteiger partial charge in [-0.15, -0.1) is 0 Å². The van der Waals surface area contributed by atoms with Crippen LogP contribution >= 0.6 is 0 Å². The molecule has 0 aliphatic heterocycles. The van der Waals surface area contributed by atoms with E-state index in [2.05, 4.69) is 60.6 Å². The lowest BCUT2D eigenvalue weighted by molar-refractivity contribution is -0.131. The average Bonchev–Trinajstić information content (AvgIpc) is 2.46. The highest BCUT2D eigenvalue weighted by Gasteiger charge is 2.37. The summed E-state index contributed by atoms with van der Waals surface area (Å²) in [7, 11) is 0. The number of allylic oxidation sites excluding steroid dienone is 9. The first-order valence-electron chi connectivity index (χ1n) is 9.47. The lowest BCUT2D eigenvalue weighted by Crippen LogP contribution is -2.32. The first kappa shape index (κ1) is 22.2. The van der Waals surface area contributed by atoms with Gasteiger partial charge in [0, 0.05) is 6.08 Å².